The molecule has 0 spiro atoms. The quantitative estimate of drug-likeness (QED) is 0.444. The first-order chi connectivity index (χ1) is 15.2. The Kier molecular flexibility index (Phi) is 10.6. The highest BCUT2D eigenvalue weighted by Gasteiger charge is 2.17. The third kappa shape index (κ3) is 14.4. The normalized spacial score (nSPS) is 11.2. The van der Waals surface area contributed by atoms with Gasteiger partial charge in [-0.05, 0) is 59.2 Å². The van der Waals surface area contributed by atoms with Crippen molar-refractivity contribution in [3.05, 3.63) is 29.8 Å². The minimum absolute atomic E-state index is 0.0881. The Labute approximate surface area is 195 Å². The molecule has 0 bridgehead atoms. The van der Waals surface area contributed by atoms with E-state index in [9.17, 15) is 19.2 Å². The fraction of sp³-hybridized carbons (Fsp3) is 0.565. The average Bonchev–Trinajstić information content (AvgIpc) is 2.63. The van der Waals surface area contributed by atoms with Gasteiger partial charge in [-0.3, -0.25) is 9.59 Å². The monoisotopic (exact) mass is 464 g/mol. The number of hydrogen-bond donors (Lipinski definition) is 4. The van der Waals surface area contributed by atoms with Crippen molar-refractivity contribution in [3.63, 3.8) is 0 Å². The number of alkyl carbamates (subject to hydrolysis) is 2. The van der Waals surface area contributed by atoms with Crippen molar-refractivity contribution in [1.29, 1.82) is 0 Å². The minimum atomic E-state index is -0.600. The van der Waals surface area contributed by atoms with Crippen LogP contribution in [0.5, 0.6) is 0 Å². The highest BCUT2D eigenvalue weighted by molar-refractivity contribution is 5.91. The zero-order valence-electron chi connectivity index (χ0n) is 20.3. The predicted octanol–water partition coefficient (Wildman–Crippen LogP) is 3.07. The van der Waals surface area contributed by atoms with Crippen LogP contribution in [0.2, 0.25) is 0 Å². The first-order valence-electron chi connectivity index (χ1n) is 10.8. The van der Waals surface area contributed by atoms with Gasteiger partial charge in [0.25, 0.3) is 0 Å². The SMILES string of the molecule is CC(C)(C)OC(=O)NCCC(=O)NCc1cccc(NC(=O)CCNC(=O)OC(C)(C)C)c1. The second-order valence-electron chi connectivity index (χ2n) is 9.38. The van der Waals surface area contributed by atoms with Crippen LogP contribution in [0, 0.1) is 0 Å². The van der Waals surface area contributed by atoms with Crippen LogP contribution in [0.1, 0.15) is 59.9 Å². The molecule has 1 aromatic rings. The van der Waals surface area contributed by atoms with Crippen LogP contribution in [-0.2, 0) is 25.6 Å². The molecule has 1 rings (SSSR count). The van der Waals surface area contributed by atoms with Crippen LogP contribution in [-0.4, -0.2) is 48.3 Å². The van der Waals surface area contributed by atoms with Crippen LogP contribution in [0.15, 0.2) is 24.3 Å². The molecule has 4 amide bonds. The van der Waals surface area contributed by atoms with Gasteiger partial charge in [0, 0.05) is 38.2 Å². The maximum Gasteiger partial charge on any atom is 0.407 e. The smallest absolute Gasteiger partial charge is 0.407 e. The second-order valence-corrected chi connectivity index (χ2v) is 9.38. The third-order valence-electron chi connectivity index (χ3n) is 3.74. The van der Waals surface area contributed by atoms with E-state index in [1.54, 1.807) is 59.7 Å². The van der Waals surface area contributed by atoms with Crippen molar-refractivity contribution in [1.82, 2.24) is 16.0 Å². The summed E-state index contributed by atoms with van der Waals surface area (Å²) in [6.45, 7) is 11.1. The van der Waals surface area contributed by atoms with E-state index in [0.717, 1.165) is 5.56 Å². The summed E-state index contributed by atoms with van der Waals surface area (Å²) in [6.07, 6.45) is -0.945. The van der Waals surface area contributed by atoms with Gasteiger partial charge in [0.15, 0.2) is 0 Å². The van der Waals surface area contributed by atoms with Gasteiger partial charge in [0.1, 0.15) is 11.2 Å². The molecule has 0 radical (unpaired) electrons. The summed E-state index contributed by atoms with van der Waals surface area (Å²) in [5.41, 5.74) is 0.182. The predicted molar refractivity (Wildman–Crippen MR) is 125 cm³/mol. The zero-order valence-corrected chi connectivity index (χ0v) is 20.3. The van der Waals surface area contributed by atoms with Gasteiger partial charge in [-0.15, -0.1) is 0 Å². The molecule has 1 aromatic carbocycles. The average molecular weight is 465 g/mol. The second kappa shape index (κ2) is 12.7. The Morgan fingerprint density at radius 2 is 1.27 bits per heavy atom. The highest BCUT2D eigenvalue weighted by atomic mass is 16.6. The summed E-state index contributed by atoms with van der Waals surface area (Å²) in [5.74, 6) is -0.492. The third-order valence-corrected chi connectivity index (χ3v) is 3.74. The molecule has 0 saturated carbocycles. The van der Waals surface area contributed by atoms with E-state index in [1.165, 1.54) is 0 Å². The lowest BCUT2D eigenvalue weighted by atomic mass is 10.2. The first kappa shape index (κ1) is 27.7. The number of nitrogens with one attached hydrogen (secondary N) is 4. The molecule has 4 N–H and O–H groups in total. The van der Waals surface area contributed by atoms with E-state index >= 15 is 0 Å². The van der Waals surface area contributed by atoms with E-state index in [4.69, 9.17) is 9.47 Å². The van der Waals surface area contributed by atoms with Gasteiger partial charge in [0.2, 0.25) is 11.8 Å². The van der Waals surface area contributed by atoms with Crippen LogP contribution >= 0.6 is 0 Å². The lowest BCUT2D eigenvalue weighted by molar-refractivity contribution is -0.121. The topological polar surface area (TPSA) is 135 Å². The van der Waals surface area contributed by atoms with Crippen molar-refractivity contribution in [3.8, 4) is 0 Å². The number of carbonyl (C=O) groups excluding carboxylic acids is 4. The largest absolute Gasteiger partial charge is 0.444 e. The number of hydrogen-bond acceptors (Lipinski definition) is 6. The molecule has 0 atom stereocenters. The molecule has 0 unspecified atom stereocenters. The Bertz CT molecular complexity index is 827. The van der Waals surface area contributed by atoms with Crippen LogP contribution in [0.4, 0.5) is 15.3 Å². The molecular formula is C23H36N4O6. The molecule has 0 fully saturated rings. The van der Waals surface area contributed by atoms with Crippen molar-refractivity contribution >= 4 is 29.7 Å². The van der Waals surface area contributed by atoms with Gasteiger partial charge in [0.05, 0.1) is 0 Å². The Balaban J connectivity index is 2.34. The van der Waals surface area contributed by atoms with Gasteiger partial charge in [-0.2, -0.15) is 0 Å². The number of amides is 4. The summed E-state index contributed by atoms with van der Waals surface area (Å²) in [4.78, 5) is 47.3. The van der Waals surface area contributed by atoms with Crippen LogP contribution in [0.25, 0.3) is 0 Å². The molecule has 0 heterocycles. The number of rotatable bonds is 9. The standard InChI is InChI=1S/C23H36N4O6/c1-22(2,3)32-20(30)24-12-10-18(28)26-15-16-8-7-9-17(14-16)27-19(29)11-13-25-21(31)33-23(4,5)6/h7-9,14H,10-13,15H2,1-6H3,(H,24,30)(H,25,31)(H,26,28)(H,27,29). The molecule has 0 aromatic heterocycles. The van der Waals surface area contributed by atoms with Crippen molar-refractivity contribution < 1.29 is 28.7 Å². The number of anilines is 1. The van der Waals surface area contributed by atoms with Crippen molar-refractivity contribution in [2.45, 2.75) is 72.1 Å². The zero-order chi connectivity index (χ0) is 25.1. The maximum absolute atomic E-state index is 12.1. The van der Waals surface area contributed by atoms with Gasteiger partial charge < -0.3 is 30.7 Å². The molecule has 0 aliphatic rings. The highest BCUT2D eigenvalue weighted by Crippen LogP contribution is 2.11. The molecule has 0 saturated heterocycles. The Morgan fingerprint density at radius 1 is 0.758 bits per heavy atom. The lowest BCUT2D eigenvalue weighted by Gasteiger charge is -2.19. The van der Waals surface area contributed by atoms with Gasteiger partial charge >= 0.3 is 12.2 Å². The Hall–Kier alpha value is -3.30. The van der Waals surface area contributed by atoms with Crippen molar-refractivity contribution in [2.24, 2.45) is 0 Å². The van der Waals surface area contributed by atoms with Crippen LogP contribution in [0.3, 0.4) is 0 Å². The summed E-state index contributed by atoms with van der Waals surface area (Å²) in [7, 11) is 0. The lowest BCUT2D eigenvalue weighted by Crippen LogP contribution is -2.35. The van der Waals surface area contributed by atoms with E-state index in [-0.39, 0.29) is 44.3 Å². The molecule has 10 nitrogen and oxygen atoms in total. The van der Waals surface area contributed by atoms with E-state index in [2.05, 4.69) is 21.3 Å². The maximum atomic E-state index is 12.1. The first-order valence-corrected chi connectivity index (χ1v) is 10.8. The van der Waals surface area contributed by atoms with E-state index < -0.39 is 23.4 Å². The molecule has 10 heteroatoms. The number of carbonyl (C=O) groups is 4. The molecule has 184 valence electrons. The summed E-state index contributed by atoms with van der Waals surface area (Å²) in [5, 5.41) is 10.6. The molecule has 0 aliphatic carbocycles. The fourth-order valence-corrected chi connectivity index (χ4v) is 2.46. The minimum Gasteiger partial charge on any atom is -0.444 e. The summed E-state index contributed by atoms with van der Waals surface area (Å²) < 4.78 is 10.2. The molecule has 0 aliphatic heterocycles. The Morgan fingerprint density at radius 3 is 1.79 bits per heavy atom. The van der Waals surface area contributed by atoms with E-state index in [1.807, 2.05) is 6.07 Å². The van der Waals surface area contributed by atoms with Gasteiger partial charge in [-0.25, -0.2) is 9.59 Å². The molecular weight excluding hydrogens is 428 g/mol. The van der Waals surface area contributed by atoms with Crippen LogP contribution < -0.4 is 21.3 Å². The van der Waals surface area contributed by atoms with Crippen molar-refractivity contribution in [2.75, 3.05) is 18.4 Å². The molecule has 33 heavy (non-hydrogen) atoms. The summed E-state index contributed by atoms with van der Waals surface area (Å²) >= 11 is 0. The van der Waals surface area contributed by atoms with Gasteiger partial charge in [-0.1, -0.05) is 12.1 Å². The number of ether oxygens (including phenoxy) is 2. The van der Waals surface area contributed by atoms with E-state index in [0.29, 0.717) is 5.69 Å². The number of benzene rings is 1. The summed E-state index contributed by atoms with van der Waals surface area (Å²) in [6, 6.07) is 7.06. The fourth-order valence-electron chi connectivity index (χ4n) is 2.46.